The normalized spacial score (nSPS) is 16.5. The first kappa shape index (κ1) is 16.4. The number of hydrogen-bond donors (Lipinski definition) is 1. The van der Waals surface area contributed by atoms with Crippen LogP contribution in [0.15, 0.2) is 33.9 Å². The maximum absolute atomic E-state index is 12.9. The SMILES string of the molecule is CC(C)C(C(=O)N1CCOCC1)n1c(=O)[nH]c2ccccc2c1=O. The Labute approximate surface area is 138 Å². The Morgan fingerprint density at radius 1 is 1.17 bits per heavy atom. The predicted molar refractivity (Wildman–Crippen MR) is 90.1 cm³/mol. The molecule has 2 aromatic rings. The number of amides is 1. The van der Waals surface area contributed by atoms with Crippen LogP contribution in [-0.4, -0.2) is 46.7 Å². The first-order valence-electron chi connectivity index (χ1n) is 8.11. The minimum Gasteiger partial charge on any atom is -0.378 e. The lowest BCUT2D eigenvalue weighted by Crippen LogP contribution is -2.50. The Bertz CT molecular complexity index is 862. The van der Waals surface area contributed by atoms with E-state index >= 15 is 0 Å². The highest BCUT2D eigenvalue weighted by Crippen LogP contribution is 2.19. The Balaban J connectivity index is 2.12. The number of para-hydroxylation sites is 1. The second-order valence-electron chi connectivity index (χ2n) is 6.28. The summed E-state index contributed by atoms with van der Waals surface area (Å²) in [6.45, 7) is 5.57. The molecule has 1 aromatic carbocycles. The first-order valence-corrected chi connectivity index (χ1v) is 8.11. The largest absolute Gasteiger partial charge is 0.378 e. The Hall–Kier alpha value is -2.41. The molecule has 1 aliphatic rings. The number of benzene rings is 1. The average molecular weight is 331 g/mol. The third-order valence-electron chi connectivity index (χ3n) is 4.32. The zero-order valence-corrected chi connectivity index (χ0v) is 13.8. The van der Waals surface area contributed by atoms with Crippen molar-refractivity contribution in [2.45, 2.75) is 19.9 Å². The number of aromatic nitrogens is 2. The number of morpholine rings is 1. The van der Waals surface area contributed by atoms with Crippen molar-refractivity contribution >= 4 is 16.8 Å². The third-order valence-corrected chi connectivity index (χ3v) is 4.32. The van der Waals surface area contributed by atoms with Gasteiger partial charge in [-0.3, -0.25) is 9.59 Å². The molecule has 24 heavy (non-hydrogen) atoms. The van der Waals surface area contributed by atoms with Crippen molar-refractivity contribution in [3.63, 3.8) is 0 Å². The van der Waals surface area contributed by atoms with Crippen LogP contribution in [0.25, 0.3) is 10.9 Å². The number of nitrogens with zero attached hydrogens (tertiary/aromatic N) is 2. The second kappa shape index (κ2) is 6.60. The molecule has 0 saturated carbocycles. The van der Waals surface area contributed by atoms with Crippen molar-refractivity contribution in [1.82, 2.24) is 14.5 Å². The van der Waals surface area contributed by atoms with E-state index in [0.717, 1.165) is 4.57 Å². The molecule has 1 fully saturated rings. The zero-order valence-electron chi connectivity index (χ0n) is 13.8. The minimum atomic E-state index is -0.830. The van der Waals surface area contributed by atoms with Gasteiger partial charge < -0.3 is 14.6 Å². The summed E-state index contributed by atoms with van der Waals surface area (Å²) in [5.74, 6) is -0.406. The molecule has 0 radical (unpaired) electrons. The van der Waals surface area contributed by atoms with E-state index < -0.39 is 17.3 Å². The summed E-state index contributed by atoms with van der Waals surface area (Å²) in [5.41, 5.74) is -0.515. The Morgan fingerprint density at radius 3 is 2.50 bits per heavy atom. The molecule has 7 heteroatoms. The molecule has 2 heterocycles. The molecule has 0 spiro atoms. The predicted octanol–water partition coefficient (Wildman–Crippen LogP) is 0.746. The highest BCUT2D eigenvalue weighted by Gasteiger charge is 2.32. The summed E-state index contributed by atoms with van der Waals surface area (Å²) < 4.78 is 6.33. The van der Waals surface area contributed by atoms with Gasteiger partial charge in [0.1, 0.15) is 6.04 Å². The van der Waals surface area contributed by atoms with Crippen molar-refractivity contribution in [2.24, 2.45) is 5.92 Å². The van der Waals surface area contributed by atoms with Gasteiger partial charge in [-0.15, -0.1) is 0 Å². The van der Waals surface area contributed by atoms with Gasteiger partial charge in [0.05, 0.1) is 24.1 Å². The van der Waals surface area contributed by atoms with E-state index in [9.17, 15) is 14.4 Å². The van der Waals surface area contributed by atoms with Gasteiger partial charge in [-0.05, 0) is 18.1 Å². The monoisotopic (exact) mass is 331 g/mol. The van der Waals surface area contributed by atoms with E-state index in [0.29, 0.717) is 37.2 Å². The fourth-order valence-corrected chi connectivity index (χ4v) is 3.09. The topological polar surface area (TPSA) is 84.4 Å². The van der Waals surface area contributed by atoms with E-state index in [1.54, 1.807) is 29.2 Å². The molecule has 128 valence electrons. The fraction of sp³-hybridized carbons (Fsp3) is 0.471. The number of aromatic amines is 1. The number of carbonyl (C=O) groups is 1. The molecule has 1 atom stereocenters. The lowest BCUT2D eigenvalue weighted by molar-refractivity contribution is -0.140. The number of hydrogen-bond acceptors (Lipinski definition) is 4. The highest BCUT2D eigenvalue weighted by molar-refractivity contribution is 5.82. The van der Waals surface area contributed by atoms with Crippen LogP contribution in [0.2, 0.25) is 0 Å². The second-order valence-corrected chi connectivity index (χ2v) is 6.28. The molecule has 3 rings (SSSR count). The van der Waals surface area contributed by atoms with Crippen LogP contribution in [-0.2, 0) is 9.53 Å². The molecular weight excluding hydrogens is 310 g/mol. The first-order chi connectivity index (χ1) is 11.5. The average Bonchev–Trinajstić information content (AvgIpc) is 2.58. The number of rotatable bonds is 3. The molecule has 1 saturated heterocycles. The highest BCUT2D eigenvalue weighted by atomic mass is 16.5. The standard InChI is InChI=1S/C17H21N3O4/c1-11(2)14(16(22)19-7-9-24-10-8-19)20-15(21)12-5-3-4-6-13(12)18-17(20)23/h3-6,11,14H,7-10H2,1-2H3,(H,18,23). The summed E-state index contributed by atoms with van der Waals surface area (Å²) in [7, 11) is 0. The van der Waals surface area contributed by atoms with E-state index in [2.05, 4.69) is 4.98 Å². The molecule has 1 aliphatic heterocycles. The van der Waals surface area contributed by atoms with Crippen LogP contribution >= 0.6 is 0 Å². The number of nitrogens with one attached hydrogen (secondary N) is 1. The lowest BCUT2D eigenvalue weighted by atomic mass is 10.0. The molecule has 7 nitrogen and oxygen atoms in total. The molecule has 1 aromatic heterocycles. The molecule has 1 unspecified atom stereocenters. The van der Waals surface area contributed by atoms with Gasteiger partial charge in [0, 0.05) is 13.1 Å². The Morgan fingerprint density at radius 2 is 1.83 bits per heavy atom. The van der Waals surface area contributed by atoms with Crippen LogP contribution in [0.4, 0.5) is 0 Å². The maximum Gasteiger partial charge on any atom is 0.329 e. The third kappa shape index (κ3) is 2.87. The van der Waals surface area contributed by atoms with Crippen molar-refractivity contribution in [3.05, 3.63) is 45.1 Å². The number of ether oxygens (including phenoxy) is 1. The quantitative estimate of drug-likeness (QED) is 0.899. The van der Waals surface area contributed by atoms with Gasteiger partial charge in [-0.25, -0.2) is 9.36 Å². The number of H-pyrrole nitrogens is 1. The van der Waals surface area contributed by atoms with Gasteiger partial charge >= 0.3 is 5.69 Å². The molecule has 0 aliphatic carbocycles. The van der Waals surface area contributed by atoms with Gasteiger partial charge in [0.2, 0.25) is 5.91 Å². The van der Waals surface area contributed by atoms with Crippen LogP contribution in [0.1, 0.15) is 19.9 Å². The van der Waals surface area contributed by atoms with Crippen molar-refractivity contribution < 1.29 is 9.53 Å². The van der Waals surface area contributed by atoms with Gasteiger partial charge in [-0.2, -0.15) is 0 Å². The van der Waals surface area contributed by atoms with Gasteiger partial charge in [-0.1, -0.05) is 26.0 Å². The Kier molecular flexibility index (Phi) is 4.53. The van der Waals surface area contributed by atoms with E-state index in [1.165, 1.54) is 0 Å². The van der Waals surface area contributed by atoms with Crippen LogP contribution in [0.5, 0.6) is 0 Å². The summed E-state index contributed by atoms with van der Waals surface area (Å²) >= 11 is 0. The minimum absolute atomic E-state index is 0.194. The number of carbonyl (C=O) groups excluding carboxylic acids is 1. The van der Waals surface area contributed by atoms with Gasteiger partial charge in [0.15, 0.2) is 0 Å². The van der Waals surface area contributed by atoms with Crippen LogP contribution in [0.3, 0.4) is 0 Å². The van der Waals surface area contributed by atoms with Crippen LogP contribution in [0, 0.1) is 5.92 Å². The van der Waals surface area contributed by atoms with E-state index in [-0.39, 0.29) is 11.8 Å². The van der Waals surface area contributed by atoms with E-state index in [4.69, 9.17) is 4.74 Å². The molecule has 1 amide bonds. The number of fused-ring (bicyclic) bond motifs is 1. The van der Waals surface area contributed by atoms with Crippen molar-refractivity contribution in [3.8, 4) is 0 Å². The molecule has 0 bridgehead atoms. The summed E-state index contributed by atoms with van der Waals surface area (Å²) in [6.07, 6.45) is 0. The zero-order chi connectivity index (χ0) is 17.3. The van der Waals surface area contributed by atoms with Crippen molar-refractivity contribution in [2.75, 3.05) is 26.3 Å². The fourth-order valence-electron chi connectivity index (χ4n) is 3.09. The summed E-state index contributed by atoms with van der Waals surface area (Å²) in [6, 6.07) is 5.99. The smallest absolute Gasteiger partial charge is 0.329 e. The summed E-state index contributed by atoms with van der Waals surface area (Å²) in [5, 5.41) is 0.400. The molecule has 1 N–H and O–H groups in total. The van der Waals surface area contributed by atoms with E-state index in [1.807, 2.05) is 13.8 Å². The molecular formula is C17H21N3O4. The summed E-state index contributed by atoms with van der Waals surface area (Å²) in [4.78, 5) is 42.6. The van der Waals surface area contributed by atoms with Gasteiger partial charge in [0.25, 0.3) is 5.56 Å². The lowest BCUT2D eigenvalue weighted by Gasteiger charge is -2.32. The van der Waals surface area contributed by atoms with Crippen molar-refractivity contribution in [1.29, 1.82) is 0 Å². The maximum atomic E-state index is 12.9. The van der Waals surface area contributed by atoms with Crippen LogP contribution < -0.4 is 11.2 Å².